The average molecular weight is 557 g/mol. The van der Waals surface area contributed by atoms with Crippen LogP contribution < -0.4 is 5.32 Å². The number of benzene rings is 3. The first-order valence-electron chi connectivity index (χ1n) is 13.8. The zero-order valence-electron chi connectivity index (χ0n) is 23.0. The van der Waals surface area contributed by atoms with Crippen molar-refractivity contribution in [3.05, 3.63) is 95.9 Å². The van der Waals surface area contributed by atoms with Gasteiger partial charge in [-0.3, -0.25) is 9.59 Å². The zero-order valence-corrected chi connectivity index (χ0v) is 23.0. The summed E-state index contributed by atoms with van der Waals surface area (Å²) < 4.78 is 21.6. The fourth-order valence-electron chi connectivity index (χ4n) is 5.58. The number of carbonyl (C=O) groups excluding carboxylic acids is 2. The summed E-state index contributed by atoms with van der Waals surface area (Å²) in [6.07, 6.45) is -0.482. The molecule has 1 aliphatic heterocycles. The predicted octanol–water partition coefficient (Wildman–Crippen LogP) is 6.50. The van der Waals surface area contributed by atoms with Crippen molar-refractivity contribution in [2.75, 3.05) is 5.32 Å². The summed E-state index contributed by atoms with van der Waals surface area (Å²) in [5, 5.41) is 23.1. The lowest BCUT2D eigenvalue weighted by molar-refractivity contribution is -0.160. The molecule has 2 atom stereocenters. The Hall–Kier alpha value is -4.43. The van der Waals surface area contributed by atoms with Crippen LogP contribution in [0.25, 0.3) is 22.4 Å². The fourth-order valence-corrected chi connectivity index (χ4v) is 5.58. The van der Waals surface area contributed by atoms with Crippen molar-refractivity contribution in [1.82, 2.24) is 4.57 Å². The van der Waals surface area contributed by atoms with Crippen LogP contribution in [0.2, 0.25) is 0 Å². The Kier molecular flexibility index (Phi) is 8.21. The molecule has 8 heteroatoms. The number of hydrogen-bond donors (Lipinski definition) is 3. The van der Waals surface area contributed by atoms with Gasteiger partial charge in [0, 0.05) is 42.4 Å². The van der Waals surface area contributed by atoms with Crippen LogP contribution in [0.1, 0.15) is 55.1 Å². The monoisotopic (exact) mass is 556 g/mol. The van der Waals surface area contributed by atoms with Crippen LogP contribution in [0.3, 0.4) is 0 Å². The van der Waals surface area contributed by atoms with Crippen molar-refractivity contribution in [3.8, 4) is 28.1 Å². The van der Waals surface area contributed by atoms with Gasteiger partial charge in [0.25, 0.3) is 5.91 Å². The highest BCUT2D eigenvalue weighted by molar-refractivity contribution is 6.12. The number of aromatic nitrogens is 1. The molecule has 1 aliphatic rings. The Balaban J connectivity index is 1.71. The van der Waals surface area contributed by atoms with Gasteiger partial charge in [-0.25, -0.2) is 4.39 Å². The molecule has 0 radical (unpaired) electrons. The summed E-state index contributed by atoms with van der Waals surface area (Å²) in [5.74, 6) is -1.22. The third-order valence-corrected chi connectivity index (χ3v) is 7.27. The summed E-state index contributed by atoms with van der Waals surface area (Å²) in [6, 6.07) is 22.1. The van der Waals surface area contributed by atoms with Crippen LogP contribution in [0.15, 0.2) is 78.9 Å². The number of amides is 1. The van der Waals surface area contributed by atoms with Gasteiger partial charge in [-0.05, 0) is 53.4 Å². The average Bonchev–Trinajstić information content (AvgIpc) is 3.28. The van der Waals surface area contributed by atoms with Gasteiger partial charge in [-0.15, -0.1) is 0 Å². The fraction of sp³-hybridized carbons (Fsp3) is 0.273. The Morgan fingerprint density at radius 2 is 1.78 bits per heavy atom. The number of ether oxygens (including phenoxy) is 1. The molecule has 3 aromatic carbocycles. The molecule has 0 aliphatic carbocycles. The third kappa shape index (κ3) is 6.18. The van der Waals surface area contributed by atoms with Crippen molar-refractivity contribution >= 4 is 17.6 Å². The van der Waals surface area contributed by atoms with Crippen LogP contribution in [-0.4, -0.2) is 38.9 Å². The Morgan fingerprint density at radius 1 is 1.05 bits per heavy atom. The molecular formula is C33H33FN2O5. The number of phenols is 1. The van der Waals surface area contributed by atoms with Crippen LogP contribution in [0.4, 0.5) is 10.1 Å². The minimum atomic E-state index is -0.754. The molecule has 2 heterocycles. The van der Waals surface area contributed by atoms with E-state index in [9.17, 15) is 24.2 Å². The topological polar surface area (TPSA) is 101 Å². The number of nitrogens with zero attached hydrogens (tertiary/aromatic N) is 1. The first-order valence-corrected chi connectivity index (χ1v) is 13.8. The smallest absolute Gasteiger partial charge is 0.308 e. The molecule has 212 valence electrons. The molecule has 1 unspecified atom stereocenters. The first-order chi connectivity index (χ1) is 19.7. The van der Waals surface area contributed by atoms with Crippen molar-refractivity contribution in [2.45, 2.75) is 57.8 Å². The zero-order chi connectivity index (χ0) is 29.1. The standard InChI is InChI=1S/C33H33FN2O5/c1-20(2)31-30(33(40)35-24-9-6-10-25(37)17-24)29(21-7-4-3-5-8-21)32(22-11-13-23(34)14-12-22)36(31)16-15-27-18-26(38)19-28(39)41-27/h3-14,17,20,26-27,37-38H,15-16,18-19H2,1-2H3,(H,35,40)/t26-,27?/m1/s1. The summed E-state index contributed by atoms with van der Waals surface area (Å²) in [4.78, 5) is 26.1. The number of nitrogens with one attached hydrogen (secondary N) is 1. The van der Waals surface area contributed by atoms with E-state index in [2.05, 4.69) is 9.88 Å². The van der Waals surface area contributed by atoms with E-state index in [1.165, 1.54) is 24.3 Å². The van der Waals surface area contributed by atoms with E-state index >= 15 is 0 Å². The predicted molar refractivity (Wildman–Crippen MR) is 155 cm³/mol. The summed E-state index contributed by atoms with van der Waals surface area (Å²) in [7, 11) is 0. The third-order valence-electron chi connectivity index (χ3n) is 7.27. The van der Waals surface area contributed by atoms with E-state index in [1.54, 1.807) is 24.3 Å². The van der Waals surface area contributed by atoms with Gasteiger partial charge in [0.2, 0.25) is 0 Å². The summed E-state index contributed by atoms with van der Waals surface area (Å²) in [6.45, 7) is 4.40. The molecule has 1 fully saturated rings. The van der Waals surface area contributed by atoms with Gasteiger partial charge in [-0.1, -0.05) is 50.2 Å². The number of aliphatic hydroxyl groups is 1. The van der Waals surface area contributed by atoms with Gasteiger partial charge in [0.15, 0.2) is 0 Å². The number of aromatic hydroxyl groups is 1. The second-order valence-corrected chi connectivity index (χ2v) is 10.7. The maximum Gasteiger partial charge on any atom is 0.308 e. The second-order valence-electron chi connectivity index (χ2n) is 10.7. The van der Waals surface area contributed by atoms with Gasteiger partial charge < -0.3 is 24.8 Å². The quantitative estimate of drug-likeness (QED) is 0.215. The number of aliphatic hydroxyl groups excluding tert-OH is 1. The molecule has 1 amide bonds. The number of hydrogen-bond acceptors (Lipinski definition) is 5. The largest absolute Gasteiger partial charge is 0.508 e. The normalized spacial score (nSPS) is 17.0. The summed E-state index contributed by atoms with van der Waals surface area (Å²) in [5.41, 5.74) is 4.65. The van der Waals surface area contributed by atoms with Gasteiger partial charge in [-0.2, -0.15) is 0 Å². The molecule has 4 aromatic rings. The number of phenolic OH excluding ortho intramolecular Hbond substituents is 1. The van der Waals surface area contributed by atoms with E-state index in [-0.39, 0.29) is 29.8 Å². The van der Waals surface area contributed by atoms with Crippen LogP contribution in [-0.2, 0) is 16.1 Å². The number of esters is 1. The van der Waals surface area contributed by atoms with Gasteiger partial charge in [0.1, 0.15) is 17.7 Å². The van der Waals surface area contributed by atoms with Crippen molar-refractivity contribution in [3.63, 3.8) is 0 Å². The maximum absolute atomic E-state index is 14.1. The van der Waals surface area contributed by atoms with E-state index < -0.39 is 18.2 Å². The van der Waals surface area contributed by atoms with E-state index in [1.807, 2.05) is 44.2 Å². The Labute approximate surface area is 238 Å². The molecule has 0 saturated carbocycles. The molecule has 3 N–H and O–H groups in total. The highest BCUT2D eigenvalue weighted by Crippen LogP contribution is 2.43. The van der Waals surface area contributed by atoms with Crippen LogP contribution in [0.5, 0.6) is 5.75 Å². The molecule has 7 nitrogen and oxygen atoms in total. The number of cyclic esters (lactones) is 1. The lowest BCUT2D eigenvalue weighted by Gasteiger charge is -2.27. The SMILES string of the molecule is CC(C)c1c(C(=O)Nc2cccc(O)c2)c(-c2ccccc2)c(-c2ccc(F)cc2)n1CCC1C[C@@H](O)CC(=O)O1. The van der Waals surface area contributed by atoms with Gasteiger partial charge in [0.05, 0.1) is 23.8 Å². The van der Waals surface area contributed by atoms with E-state index in [0.717, 1.165) is 22.5 Å². The molecule has 0 bridgehead atoms. The number of anilines is 1. The van der Waals surface area contributed by atoms with Crippen molar-refractivity contribution < 1.29 is 28.9 Å². The van der Waals surface area contributed by atoms with E-state index in [4.69, 9.17) is 4.74 Å². The summed E-state index contributed by atoms with van der Waals surface area (Å²) >= 11 is 0. The Bertz CT molecular complexity index is 1550. The van der Waals surface area contributed by atoms with Crippen molar-refractivity contribution in [2.24, 2.45) is 0 Å². The number of rotatable bonds is 8. The minimum Gasteiger partial charge on any atom is -0.508 e. The van der Waals surface area contributed by atoms with Gasteiger partial charge >= 0.3 is 5.97 Å². The van der Waals surface area contributed by atoms with Crippen LogP contribution >= 0.6 is 0 Å². The lowest BCUT2D eigenvalue weighted by atomic mass is 9.94. The number of carbonyl (C=O) groups is 2. The van der Waals surface area contributed by atoms with Crippen LogP contribution in [0, 0.1) is 5.82 Å². The van der Waals surface area contributed by atoms with E-state index in [0.29, 0.717) is 36.2 Å². The molecule has 1 aromatic heterocycles. The second kappa shape index (κ2) is 12.0. The highest BCUT2D eigenvalue weighted by atomic mass is 19.1. The molecule has 0 spiro atoms. The lowest BCUT2D eigenvalue weighted by Crippen LogP contribution is -2.33. The molecule has 5 rings (SSSR count). The molecule has 41 heavy (non-hydrogen) atoms. The first kappa shape index (κ1) is 28.1. The number of halogens is 1. The Morgan fingerprint density at radius 3 is 2.44 bits per heavy atom. The minimum absolute atomic E-state index is 0.0182. The maximum atomic E-state index is 14.1. The molecular weight excluding hydrogens is 523 g/mol. The molecule has 1 saturated heterocycles. The van der Waals surface area contributed by atoms with Crippen molar-refractivity contribution in [1.29, 1.82) is 0 Å². The highest BCUT2D eigenvalue weighted by Gasteiger charge is 2.32.